The zero-order chi connectivity index (χ0) is 20.9. The molecule has 4 rings (SSSR count). The van der Waals surface area contributed by atoms with Gasteiger partial charge in [0.15, 0.2) is 10.3 Å². The summed E-state index contributed by atoms with van der Waals surface area (Å²) in [5.41, 5.74) is 2.91. The highest BCUT2D eigenvalue weighted by Gasteiger charge is 2.11. The van der Waals surface area contributed by atoms with Gasteiger partial charge in [-0.1, -0.05) is 41.2 Å². The summed E-state index contributed by atoms with van der Waals surface area (Å²) in [7, 11) is 1.96. The van der Waals surface area contributed by atoms with E-state index in [0.717, 1.165) is 21.4 Å². The summed E-state index contributed by atoms with van der Waals surface area (Å²) in [6.07, 6.45) is 5.34. The van der Waals surface area contributed by atoms with E-state index in [1.54, 1.807) is 24.3 Å². The molecule has 9 heteroatoms. The smallest absolute Gasteiger partial charge is 0.234 e. The van der Waals surface area contributed by atoms with E-state index >= 15 is 0 Å². The van der Waals surface area contributed by atoms with Crippen molar-refractivity contribution >= 4 is 35.1 Å². The fourth-order valence-corrected chi connectivity index (χ4v) is 4.22. The van der Waals surface area contributed by atoms with Crippen molar-refractivity contribution in [3.8, 4) is 5.69 Å². The highest BCUT2D eigenvalue weighted by Crippen LogP contribution is 2.27. The van der Waals surface area contributed by atoms with Crippen molar-refractivity contribution in [3.05, 3.63) is 72.8 Å². The first-order chi connectivity index (χ1) is 14.6. The summed E-state index contributed by atoms with van der Waals surface area (Å²) in [6, 6.07) is 15.8. The highest BCUT2D eigenvalue weighted by molar-refractivity contribution is 7.99. The van der Waals surface area contributed by atoms with Crippen molar-refractivity contribution in [2.75, 3.05) is 11.1 Å². The van der Waals surface area contributed by atoms with Crippen molar-refractivity contribution in [3.63, 3.8) is 0 Å². The second-order valence-corrected chi connectivity index (χ2v) is 8.59. The topological polar surface area (TPSA) is 77.6 Å². The van der Waals surface area contributed by atoms with Crippen molar-refractivity contribution in [2.45, 2.75) is 22.1 Å². The number of carbonyl (C=O) groups excluding carboxylic acids is 1. The molecule has 2 aromatic heterocycles. The largest absolute Gasteiger partial charge is 0.329 e. The fraction of sp³-hybridized carbons (Fsp3) is 0.143. The first-order valence-corrected chi connectivity index (χ1v) is 11.0. The molecule has 4 aromatic rings. The first kappa shape index (κ1) is 20.2. The van der Waals surface area contributed by atoms with Crippen LogP contribution in [0.25, 0.3) is 5.69 Å². The highest BCUT2D eigenvalue weighted by atomic mass is 32.2. The zero-order valence-electron chi connectivity index (χ0n) is 16.5. The SMILES string of the molecule is Cc1ccc(-n2cnnc2SCC(=O)Nc2ccc(Sc3nccn3C)cc2)cc1. The minimum Gasteiger partial charge on any atom is -0.329 e. The van der Waals surface area contributed by atoms with Crippen molar-refractivity contribution in [2.24, 2.45) is 7.05 Å². The minimum absolute atomic E-state index is 0.0945. The van der Waals surface area contributed by atoms with E-state index in [1.807, 2.05) is 77.8 Å². The van der Waals surface area contributed by atoms with Crippen LogP contribution in [0.5, 0.6) is 0 Å². The summed E-state index contributed by atoms with van der Waals surface area (Å²) in [4.78, 5) is 17.7. The first-order valence-electron chi connectivity index (χ1n) is 9.23. The number of carbonyl (C=O) groups is 1. The number of amides is 1. The van der Waals surface area contributed by atoms with Gasteiger partial charge >= 0.3 is 0 Å². The number of imidazole rings is 1. The number of benzene rings is 2. The van der Waals surface area contributed by atoms with Gasteiger partial charge in [-0.05, 0) is 43.3 Å². The summed E-state index contributed by atoms with van der Waals surface area (Å²) < 4.78 is 3.84. The van der Waals surface area contributed by atoms with Gasteiger partial charge in [0.05, 0.1) is 5.75 Å². The molecule has 0 aliphatic heterocycles. The van der Waals surface area contributed by atoms with Gasteiger partial charge < -0.3 is 9.88 Å². The number of aromatic nitrogens is 5. The molecular weight excluding hydrogens is 416 g/mol. The lowest BCUT2D eigenvalue weighted by Crippen LogP contribution is -2.14. The summed E-state index contributed by atoms with van der Waals surface area (Å²) in [5, 5.41) is 12.6. The molecule has 1 N–H and O–H groups in total. The Morgan fingerprint density at radius 1 is 1.07 bits per heavy atom. The molecule has 7 nitrogen and oxygen atoms in total. The molecule has 2 aromatic carbocycles. The van der Waals surface area contributed by atoms with Crippen LogP contribution in [-0.2, 0) is 11.8 Å². The van der Waals surface area contributed by atoms with E-state index in [1.165, 1.54) is 17.3 Å². The number of nitrogens with zero attached hydrogens (tertiary/aromatic N) is 5. The van der Waals surface area contributed by atoms with Crippen molar-refractivity contribution in [1.82, 2.24) is 24.3 Å². The minimum atomic E-state index is -0.0945. The Labute approximate surface area is 182 Å². The average molecular weight is 437 g/mol. The van der Waals surface area contributed by atoms with Gasteiger partial charge in [-0.3, -0.25) is 9.36 Å². The maximum absolute atomic E-state index is 12.4. The Morgan fingerprint density at radius 3 is 2.53 bits per heavy atom. The van der Waals surface area contributed by atoms with Crippen molar-refractivity contribution < 1.29 is 4.79 Å². The quantitative estimate of drug-likeness (QED) is 0.438. The van der Waals surface area contributed by atoms with Crippen LogP contribution in [-0.4, -0.2) is 36.0 Å². The molecule has 152 valence electrons. The van der Waals surface area contributed by atoms with E-state index in [-0.39, 0.29) is 11.7 Å². The van der Waals surface area contributed by atoms with E-state index in [0.29, 0.717) is 5.16 Å². The van der Waals surface area contributed by atoms with E-state index in [4.69, 9.17) is 0 Å². The van der Waals surface area contributed by atoms with Crippen LogP contribution in [0.1, 0.15) is 5.56 Å². The average Bonchev–Trinajstić information content (AvgIpc) is 3.38. The van der Waals surface area contributed by atoms with E-state index in [2.05, 4.69) is 20.5 Å². The monoisotopic (exact) mass is 436 g/mol. The second kappa shape index (κ2) is 9.19. The summed E-state index contributed by atoms with van der Waals surface area (Å²) in [5.74, 6) is 0.150. The Bertz CT molecular complexity index is 1140. The molecule has 0 fully saturated rings. The third kappa shape index (κ3) is 4.92. The molecular formula is C21H20N6OS2. The van der Waals surface area contributed by atoms with Crippen LogP contribution in [0, 0.1) is 6.92 Å². The summed E-state index contributed by atoms with van der Waals surface area (Å²) in [6.45, 7) is 2.04. The normalized spacial score (nSPS) is 10.9. The third-order valence-corrected chi connectivity index (χ3v) is 6.31. The molecule has 0 saturated heterocycles. The standard InChI is InChI=1S/C21H20N6OS2/c1-15-3-7-17(8-4-15)27-14-23-25-21(27)29-13-19(28)24-16-5-9-18(10-6-16)30-20-22-11-12-26(20)2/h3-12,14H,13H2,1-2H3,(H,24,28). The molecule has 0 spiro atoms. The molecule has 0 aliphatic rings. The van der Waals surface area contributed by atoms with E-state index in [9.17, 15) is 4.79 Å². The number of hydrogen-bond acceptors (Lipinski definition) is 6. The number of nitrogens with one attached hydrogen (secondary N) is 1. The molecule has 0 bridgehead atoms. The second-order valence-electron chi connectivity index (χ2n) is 6.60. The van der Waals surface area contributed by atoms with Gasteiger partial charge in [-0.15, -0.1) is 10.2 Å². The van der Waals surface area contributed by atoms with Crippen LogP contribution < -0.4 is 5.32 Å². The molecule has 0 radical (unpaired) electrons. The predicted octanol–water partition coefficient (Wildman–Crippen LogP) is 4.19. The summed E-state index contributed by atoms with van der Waals surface area (Å²) >= 11 is 2.92. The molecule has 0 atom stereocenters. The lowest BCUT2D eigenvalue weighted by Gasteiger charge is -2.08. The van der Waals surface area contributed by atoms with Crippen LogP contribution in [0.3, 0.4) is 0 Å². The Kier molecular flexibility index (Phi) is 6.20. The number of thioether (sulfide) groups is 1. The predicted molar refractivity (Wildman–Crippen MR) is 119 cm³/mol. The number of hydrogen-bond donors (Lipinski definition) is 1. The van der Waals surface area contributed by atoms with Gasteiger partial charge in [-0.2, -0.15) is 0 Å². The van der Waals surface area contributed by atoms with Crippen LogP contribution in [0.15, 0.2) is 82.5 Å². The number of rotatable bonds is 7. The molecule has 1 amide bonds. The van der Waals surface area contributed by atoms with E-state index < -0.39 is 0 Å². The van der Waals surface area contributed by atoms with Crippen LogP contribution in [0.4, 0.5) is 5.69 Å². The maximum Gasteiger partial charge on any atom is 0.234 e. The molecule has 0 unspecified atom stereocenters. The van der Waals surface area contributed by atoms with Gasteiger partial charge in [0.25, 0.3) is 0 Å². The third-order valence-electron chi connectivity index (χ3n) is 4.29. The fourth-order valence-electron chi connectivity index (χ4n) is 2.69. The lowest BCUT2D eigenvalue weighted by molar-refractivity contribution is -0.113. The Hall–Kier alpha value is -3.04. The van der Waals surface area contributed by atoms with Gasteiger partial charge in [0, 0.05) is 35.7 Å². The Morgan fingerprint density at radius 2 is 1.83 bits per heavy atom. The number of anilines is 1. The molecule has 30 heavy (non-hydrogen) atoms. The van der Waals surface area contributed by atoms with Gasteiger partial charge in [0.2, 0.25) is 5.91 Å². The molecule has 0 saturated carbocycles. The van der Waals surface area contributed by atoms with Crippen molar-refractivity contribution in [1.29, 1.82) is 0 Å². The zero-order valence-corrected chi connectivity index (χ0v) is 18.2. The maximum atomic E-state index is 12.4. The van der Waals surface area contributed by atoms with Gasteiger partial charge in [-0.25, -0.2) is 4.98 Å². The van der Waals surface area contributed by atoms with Crippen LogP contribution >= 0.6 is 23.5 Å². The molecule has 2 heterocycles. The Balaban J connectivity index is 1.33. The lowest BCUT2D eigenvalue weighted by atomic mass is 10.2. The van der Waals surface area contributed by atoms with Crippen LogP contribution in [0.2, 0.25) is 0 Å². The molecule has 0 aliphatic carbocycles. The van der Waals surface area contributed by atoms with Gasteiger partial charge in [0.1, 0.15) is 6.33 Å². The number of aryl methyl sites for hydroxylation is 2.